The van der Waals surface area contributed by atoms with Crippen LogP contribution in [-0.4, -0.2) is 24.0 Å². The summed E-state index contributed by atoms with van der Waals surface area (Å²) in [4.78, 5) is 0. The second kappa shape index (κ2) is 6.73. The number of benzene rings is 2. The van der Waals surface area contributed by atoms with Crippen LogP contribution in [0.25, 0.3) is 0 Å². The summed E-state index contributed by atoms with van der Waals surface area (Å²) in [5.41, 5.74) is 0. The molecule has 4 heteroatoms. The molecule has 0 aliphatic heterocycles. The molecule has 2 aromatic carbocycles. The van der Waals surface area contributed by atoms with Gasteiger partial charge in [-0.25, -0.2) is 0 Å². The first kappa shape index (κ1) is 18.1. The summed E-state index contributed by atoms with van der Waals surface area (Å²) in [6.45, 7) is 11.1. The van der Waals surface area contributed by atoms with E-state index in [4.69, 9.17) is 8.54 Å². The van der Waals surface area contributed by atoms with Crippen LogP contribution in [0.3, 0.4) is 0 Å². The fraction of sp³-hybridized carbons (Fsp3) is 0.368. The lowest BCUT2D eigenvalue weighted by atomic mass is 10.2. The van der Waals surface area contributed by atoms with Crippen molar-refractivity contribution in [3.8, 4) is 0 Å². The highest BCUT2D eigenvalue weighted by atomic mass is 28.4. The van der Waals surface area contributed by atoms with E-state index in [0.29, 0.717) is 0 Å². The van der Waals surface area contributed by atoms with Crippen LogP contribution in [0.5, 0.6) is 0 Å². The predicted octanol–water partition coefficient (Wildman–Crippen LogP) is 3.91. The molecule has 0 heterocycles. The third-order valence-electron chi connectivity index (χ3n) is 4.31. The molecule has 0 unspecified atom stereocenters. The zero-order valence-corrected chi connectivity index (χ0v) is 17.1. The Morgan fingerprint density at radius 2 is 1.13 bits per heavy atom. The molecule has 0 saturated heterocycles. The van der Waals surface area contributed by atoms with E-state index in [0.717, 1.165) is 0 Å². The standard InChI is InChI=1S/C19H28O2Si2/c1-19(2,3)23(21-22(5,6)20-4,17-13-9-7-10-14-17)18-15-11-8-12-16-18/h7-16H,1-6H3. The molecule has 0 amide bonds. The van der Waals surface area contributed by atoms with E-state index in [1.165, 1.54) is 10.4 Å². The Kier molecular flexibility index (Phi) is 5.31. The lowest BCUT2D eigenvalue weighted by Crippen LogP contribution is -2.70. The van der Waals surface area contributed by atoms with Crippen LogP contribution < -0.4 is 10.4 Å². The summed E-state index contributed by atoms with van der Waals surface area (Å²) in [7, 11) is -2.93. The minimum Gasteiger partial charge on any atom is -0.428 e. The summed E-state index contributed by atoms with van der Waals surface area (Å²) in [6, 6.07) is 21.4. The zero-order valence-electron chi connectivity index (χ0n) is 15.1. The highest BCUT2D eigenvalue weighted by molar-refractivity contribution is 7.03. The summed E-state index contributed by atoms with van der Waals surface area (Å²) >= 11 is 0. The van der Waals surface area contributed by atoms with Crippen molar-refractivity contribution < 1.29 is 8.54 Å². The monoisotopic (exact) mass is 344 g/mol. The van der Waals surface area contributed by atoms with Crippen LogP contribution in [0.4, 0.5) is 0 Å². The van der Waals surface area contributed by atoms with Crippen molar-refractivity contribution in [1.82, 2.24) is 0 Å². The van der Waals surface area contributed by atoms with E-state index in [1.54, 1.807) is 7.11 Å². The van der Waals surface area contributed by atoms with Gasteiger partial charge in [-0.05, 0) is 28.5 Å². The van der Waals surface area contributed by atoms with Gasteiger partial charge >= 0.3 is 8.56 Å². The molecule has 23 heavy (non-hydrogen) atoms. The Labute approximate surface area is 142 Å². The third kappa shape index (κ3) is 3.66. The topological polar surface area (TPSA) is 18.5 Å². The molecule has 0 bridgehead atoms. The maximum absolute atomic E-state index is 6.97. The first-order valence-electron chi connectivity index (χ1n) is 8.09. The Morgan fingerprint density at radius 3 is 1.43 bits per heavy atom. The lowest BCUT2D eigenvalue weighted by Gasteiger charge is -2.46. The molecular weight excluding hydrogens is 316 g/mol. The van der Waals surface area contributed by atoms with Crippen LogP contribution in [-0.2, 0) is 8.54 Å². The van der Waals surface area contributed by atoms with E-state index < -0.39 is 16.9 Å². The van der Waals surface area contributed by atoms with E-state index in [2.05, 4.69) is 94.5 Å². The third-order valence-corrected chi connectivity index (χ3v) is 12.9. The first-order chi connectivity index (χ1) is 10.7. The van der Waals surface area contributed by atoms with Crippen LogP contribution in [0.15, 0.2) is 60.7 Å². The summed E-state index contributed by atoms with van der Waals surface area (Å²) in [5, 5.41) is 2.60. The zero-order chi connectivity index (χ0) is 17.1. The quantitative estimate of drug-likeness (QED) is 0.766. The van der Waals surface area contributed by atoms with Gasteiger partial charge in [0.2, 0.25) is 0 Å². The average Bonchev–Trinajstić information content (AvgIpc) is 2.53. The highest BCUT2D eigenvalue weighted by Crippen LogP contribution is 2.38. The second-order valence-electron chi connectivity index (χ2n) is 7.37. The smallest absolute Gasteiger partial charge is 0.321 e. The van der Waals surface area contributed by atoms with Crippen molar-refractivity contribution in [2.24, 2.45) is 0 Å². The van der Waals surface area contributed by atoms with Gasteiger partial charge in [-0.1, -0.05) is 81.4 Å². The summed E-state index contributed by atoms with van der Waals surface area (Å²) in [5.74, 6) is 0. The van der Waals surface area contributed by atoms with Crippen molar-refractivity contribution in [1.29, 1.82) is 0 Å². The minimum atomic E-state index is -2.47. The molecule has 2 rings (SSSR count). The van der Waals surface area contributed by atoms with Crippen LogP contribution in [0.1, 0.15) is 20.8 Å². The summed E-state index contributed by atoms with van der Waals surface area (Å²) < 4.78 is 12.7. The molecule has 0 spiro atoms. The Hall–Kier alpha value is -1.21. The van der Waals surface area contributed by atoms with Crippen molar-refractivity contribution in [2.45, 2.75) is 38.9 Å². The van der Waals surface area contributed by atoms with Crippen LogP contribution in [0, 0.1) is 0 Å². The Morgan fingerprint density at radius 1 is 0.739 bits per heavy atom. The molecule has 0 radical (unpaired) electrons. The van der Waals surface area contributed by atoms with Crippen molar-refractivity contribution in [3.63, 3.8) is 0 Å². The van der Waals surface area contributed by atoms with Gasteiger partial charge in [0, 0.05) is 7.11 Å². The normalized spacial score (nSPS) is 13.1. The number of hydrogen-bond acceptors (Lipinski definition) is 2. The highest BCUT2D eigenvalue weighted by Gasteiger charge is 2.53. The molecule has 0 aliphatic rings. The van der Waals surface area contributed by atoms with Gasteiger partial charge in [0.05, 0.1) is 0 Å². The molecular formula is C19H28O2Si2. The molecule has 2 aromatic rings. The predicted molar refractivity (Wildman–Crippen MR) is 103 cm³/mol. The largest absolute Gasteiger partial charge is 0.428 e. The van der Waals surface area contributed by atoms with Crippen molar-refractivity contribution in [2.75, 3.05) is 7.11 Å². The molecule has 0 N–H and O–H groups in total. The fourth-order valence-corrected chi connectivity index (χ4v) is 11.9. The van der Waals surface area contributed by atoms with Gasteiger partial charge in [-0.3, -0.25) is 0 Å². The van der Waals surface area contributed by atoms with Gasteiger partial charge in [0.1, 0.15) is 0 Å². The maximum Gasteiger partial charge on any atom is 0.321 e. The minimum absolute atomic E-state index is 0.00148. The number of hydrogen-bond donors (Lipinski definition) is 0. The van der Waals surface area contributed by atoms with Gasteiger partial charge in [0.15, 0.2) is 0 Å². The average molecular weight is 345 g/mol. The maximum atomic E-state index is 6.97. The number of rotatable bonds is 5. The lowest BCUT2D eigenvalue weighted by molar-refractivity contribution is 0.306. The van der Waals surface area contributed by atoms with Gasteiger partial charge < -0.3 is 8.54 Å². The Bertz CT molecular complexity index is 579. The molecule has 0 aliphatic carbocycles. The first-order valence-corrected chi connectivity index (χ1v) is 12.8. The molecule has 0 atom stereocenters. The van der Waals surface area contributed by atoms with Crippen LogP contribution >= 0.6 is 0 Å². The molecule has 2 nitrogen and oxygen atoms in total. The van der Waals surface area contributed by atoms with Crippen molar-refractivity contribution >= 4 is 27.3 Å². The molecule has 0 saturated carbocycles. The van der Waals surface area contributed by atoms with Crippen molar-refractivity contribution in [3.05, 3.63) is 60.7 Å². The molecule has 0 fully saturated rings. The van der Waals surface area contributed by atoms with E-state index >= 15 is 0 Å². The van der Waals surface area contributed by atoms with Gasteiger partial charge in [-0.2, -0.15) is 0 Å². The van der Waals surface area contributed by atoms with E-state index in [-0.39, 0.29) is 5.04 Å². The van der Waals surface area contributed by atoms with E-state index in [1.807, 2.05) is 0 Å². The Balaban J connectivity index is 2.75. The molecule has 0 aromatic heterocycles. The molecule has 124 valence electrons. The van der Waals surface area contributed by atoms with Gasteiger partial charge in [-0.15, -0.1) is 0 Å². The van der Waals surface area contributed by atoms with Crippen LogP contribution in [0.2, 0.25) is 18.1 Å². The van der Waals surface area contributed by atoms with Gasteiger partial charge in [0.25, 0.3) is 8.32 Å². The SMILES string of the molecule is CO[Si](C)(C)O[Si](c1ccccc1)(c1ccccc1)C(C)(C)C. The van der Waals surface area contributed by atoms with E-state index in [9.17, 15) is 0 Å². The fourth-order valence-electron chi connectivity index (χ4n) is 3.06. The summed E-state index contributed by atoms with van der Waals surface area (Å²) in [6.07, 6.45) is 0. The second-order valence-corrected chi connectivity index (χ2v) is 15.4.